The van der Waals surface area contributed by atoms with Gasteiger partial charge in [0.15, 0.2) is 0 Å². The average molecular weight is 373 g/mol. The average Bonchev–Trinajstić information content (AvgIpc) is 2.49. The van der Waals surface area contributed by atoms with Gasteiger partial charge in [0.05, 0.1) is 27.1 Å². The highest BCUT2D eigenvalue weighted by atomic mass is 16.4. The quantitative estimate of drug-likeness (QED) is 0.308. The van der Waals surface area contributed by atoms with Crippen molar-refractivity contribution in [3.05, 3.63) is 0 Å². The molecule has 0 aromatic carbocycles. The standard InChI is InChI=1S/C16H32O2.C5H11NO2/c1-2-3-4-5-6-7-8-9-10-11-12-13-14-15-16(17)18;1-6(2,3)4-5(7)8/h2-15H2,1H3,(H,17,18);4H2,1-3H3/p-1. The van der Waals surface area contributed by atoms with E-state index in [4.69, 9.17) is 0 Å². The van der Waals surface area contributed by atoms with E-state index in [1.165, 1.54) is 70.6 Å². The van der Waals surface area contributed by atoms with E-state index >= 15 is 0 Å². The summed E-state index contributed by atoms with van der Waals surface area (Å²) in [5.74, 6) is -1.91. The molecule has 0 saturated carbocycles. The van der Waals surface area contributed by atoms with E-state index < -0.39 is 11.9 Å². The van der Waals surface area contributed by atoms with Crippen LogP contribution in [0.15, 0.2) is 0 Å². The van der Waals surface area contributed by atoms with Gasteiger partial charge in [0, 0.05) is 5.97 Å². The summed E-state index contributed by atoms with van der Waals surface area (Å²) < 4.78 is 0.419. The molecule has 0 atom stereocenters. The van der Waals surface area contributed by atoms with Crippen LogP contribution in [0.5, 0.6) is 0 Å². The molecule has 26 heavy (non-hydrogen) atoms. The second-order valence-electron chi connectivity index (χ2n) is 8.19. The Morgan fingerprint density at radius 2 is 0.962 bits per heavy atom. The number of carboxylic acids is 2. The first kappa shape index (κ1) is 27.1. The highest BCUT2D eigenvalue weighted by Gasteiger charge is 2.04. The van der Waals surface area contributed by atoms with Crippen LogP contribution in [0.3, 0.4) is 0 Å². The fourth-order valence-corrected chi connectivity index (χ4v) is 2.67. The largest absolute Gasteiger partial charge is 0.550 e. The summed E-state index contributed by atoms with van der Waals surface area (Å²) in [7, 11) is 5.40. The number of hydrogen-bond acceptors (Lipinski definition) is 4. The van der Waals surface area contributed by atoms with E-state index in [0.29, 0.717) is 4.48 Å². The maximum absolute atomic E-state index is 10.2. The number of unbranched alkanes of at least 4 members (excludes halogenated alkanes) is 12. The Hall–Kier alpha value is -1.10. The molecular formula is C21H42NO4-. The van der Waals surface area contributed by atoms with Gasteiger partial charge in [-0.15, -0.1) is 0 Å². The maximum atomic E-state index is 10.2. The number of likely N-dealkylation sites (N-methyl/N-ethyl adjacent to an activating group) is 1. The van der Waals surface area contributed by atoms with E-state index in [2.05, 4.69) is 6.92 Å². The maximum Gasteiger partial charge on any atom is 0.118 e. The monoisotopic (exact) mass is 372 g/mol. The Kier molecular flexibility index (Phi) is 19.5. The third kappa shape index (κ3) is 30.7. The molecule has 0 fully saturated rings. The summed E-state index contributed by atoms with van der Waals surface area (Å²) in [6.45, 7) is 2.33. The van der Waals surface area contributed by atoms with E-state index in [9.17, 15) is 19.8 Å². The van der Waals surface area contributed by atoms with Gasteiger partial charge < -0.3 is 24.3 Å². The predicted molar refractivity (Wildman–Crippen MR) is 103 cm³/mol. The molecule has 0 unspecified atom stereocenters. The molecule has 156 valence electrons. The van der Waals surface area contributed by atoms with Crippen LogP contribution in [0.1, 0.15) is 96.8 Å². The molecule has 0 spiro atoms. The zero-order valence-corrected chi connectivity index (χ0v) is 17.7. The topological polar surface area (TPSA) is 80.3 Å². The number of hydrogen-bond donors (Lipinski definition) is 0. The van der Waals surface area contributed by atoms with Crippen molar-refractivity contribution in [2.45, 2.75) is 96.8 Å². The highest BCUT2D eigenvalue weighted by molar-refractivity contribution is 5.65. The number of aliphatic carboxylic acids is 2. The molecular weight excluding hydrogens is 330 g/mol. The number of quaternary nitrogens is 1. The lowest BCUT2D eigenvalue weighted by Gasteiger charge is -2.23. The van der Waals surface area contributed by atoms with E-state index in [0.717, 1.165) is 12.8 Å². The third-order valence-corrected chi connectivity index (χ3v) is 4.09. The molecule has 5 nitrogen and oxygen atoms in total. The van der Waals surface area contributed by atoms with Crippen LogP contribution in [0.25, 0.3) is 0 Å². The van der Waals surface area contributed by atoms with Gasteiger partial charge in [0.1, 0.15) is 6.54 Å². The molecule has 0 aliphatic carbocycles. The summed E-state index contributed by atoms with van der Waals surface area (Å²) in [4.78, 5) is 20.1. The minimum Gasteiger partial charge on any atom is -0.550 e. The van der Waals surface area contributed by atoms with Gasteiger partial charge in [-0.3, -0.25) is 0 Å². The molecule has 0 aliphatic rings. The van der Waals surface area contributed by atoms with Crippen molar-refractivity contribution in [2.24, 2.45) is 0 Å². The van der Waals surface area contributed by atoms with Crippen LogP contribution >= 0.6 is 0 Å². The minimum absolute atomic E-state index is 0.0694. The summed E-state index contributed by atoms with van der Waals surface area (Å²) in [6.07, 6.45) is 16.9. The van der Waals surface area contributed by atoms with Crippen molar-refractivity contribution in [3.63, 3.8) is 0 Å². The first-order valence-corrected chi connectivity index (χ1v) is 10.4. The lowest BCUT2D eigenvalue weighted by Crippen LogP contribution is -2.45. The summed E-state index contributed by atoms with van der Waals surface area (Å²) in [5.41, 5.74) is 0. The zero-order valence-electron chi connectivity index (χ0n) is 17.7. The summed E-state index contributed by atoms with van der Waals surface area (Å²) >= 11 is 0. The Morgan fingerprint density at radius 1 is 0.615 bits per heavy atom. The Morgan fingerprint density at radius 3 is 1.19 bits per heavy atom. The molecule has 0 rings (SSSR count). The number of carboxylic acid groups (broad SMARTS) is 2. The predicted octanol–water partition coefficient (Wildman–Crippen LogP) is 2.66. The molecule has 0 aliphatic heterocycles. The first-order chi connectivity index (χ1) is 12.2. The number of rotatable bonds is 16. The van der Waals surface area contributed by atoms with Crippen LogP contribution in [0.2, 0.25) is 0 Å². The lowest BCUT2D eigenvalue weighted by molar-refractivity contribution is -0.864. The van der Waals surface area contributed by atoms with E-state index in [-0.39, 0.29) is 13.0 Å². The smallest absolute Gasteiger partial charge is 0.118 e. The molecule has 0 heterocycles. The summed E-state index contributed by atoms with van der Waals surface area (Å²) in [6, 6.07) is 0. The van der Waals surface area contributed by atoms with Gasteiger partial charge >= 0.3 is 0 Å². The second-order valence-corrected chi connectivity index (χ2v) is 8.19. The molecule has 0 bridgehead atoms. The van der Waals surface area contributed by atoms with Crippen molar-refractivity contribution in [3.8, 4) is 0 Å². The van der Waals surface area contributed by atoms with Crippen LogP contribution in [-0.2, 0) is 9.59 Å². The van der Waals surface area contributed by atoms with E-state index in [1.807, 2.05) is 0 Å². The van der Waals surface area contributed by atoms with Gasteiger partial charge in [-0.05, 0) is 12.8 Å². The Bertz CT molecular complexity index is 337. The van der Waals surface area contributed by atoms with Crippen molar-refractivity contribution in [2.75, 3.05) is 27.7 Å². The highest BCUT2D eigenvalue weighted by Crippen LogP contribution is 2.12. The van der Waals surface area contributed by atoms with Crippen molar-refractivity contribution in [1.29, 1.82) is 0 Å². The molecule has 0 radical (unpaired) electrons. The lowest BCUT2D eigenvalue weighted by atomic mass is 10.0. The van der Waals surface area contributed by atoms with E-state index in [1.54, 1.807) is 21.1 Å². The SMILES string of the molecule is CCCCCCCCCCCCCCCC(=O)[O-].C[N+](C)(C)CC(=O)[O-]. The van der Waals surface area contributed by atoms with Crippen LogP contribution in [0, 0.1) is 0 Å². The van der Waals surface area contributed by atoms with Crippen LogP contribution < -0.4 is 10.2 Å². The van der Waals surface area contributed by atoms with Crippen LogP contribution in [-0.4, -0.2) is 44.1 Å². The molecule has 0 aromatic heterocycles. The van der Waals surface area contributed by atoms with Gasteiger partial charge in [0.25, 0.3) is 0 Å². The Labute approximate surface area is 161 Å². The van der Waals surface area contributed by atoms with Crippen molar-refractivity contribution >= 4 is 11.9 Å². The zero-order chi connectivity index (χ0) is 20.3. The number of carbonyl (C=O) groups is 2. The third-order valence-electron chi connectivity index (χ3n) is 4.09. The fourth-order valence-electron chi connectivity index (χ4n) is 2.67. The summed E-state index contributed by atoms with van der Waals surface area (Å²) in [5, 5.41) is 20.1. The fraction of sp³-hybridized carbons (Fsp3) is 0.905. The van der Waals surface area contributed by atoms with Gasteiger partial charge in [-0.2, -0.15) is 0 Å². The molecule has 0 amide bonds. The van der Waals surface area contributed by atoms with Crippen molar-refractivity contribution < 1.29 is 24.3 Å². The molecule has 0 N–H and O–H groups in total. The van der Waals surface area contributed by atoms with Gasteiger partial charge in [-0.25, -0.2) is 0 Å². The molecule has 0 aromatic rings. The van der Waals surface area contributed by atoms with Crippen LogP contribution in [0.4, 0.5) is 0 Å². The van der Waals surface area contributed by atoms with Gasteiger partial charge in [0.2, 0.25) is 0 Å². The normalized spacial score (nSPS) is 10.9. The van der Waals surface area contributed by atoms with Crippen molar-refractivity contribution in [1.82, 2.24) is 0 Å². The first-order valence-electron chi connectivity index (χ1n) is 10.4. The molecule has 0 saturated heterocycles. The van der Waals surface area contributed by atoms with Gasteiger partial charge in [-0.1, -0.05) is 84.0 Å². The molecule has 5 heteroatoms. The number of nitrogens with zero attached hydrogens (tertiary/aromatic N) is 1. The minimum atomic E-state index is -1.00. The second kappa shape index (κ2) is 18.7. The number of carbonyl (C=O) groups excluding carboxylic acids is 2. The Balaban J connectivity index is 0.